The van der Waals surface area contributed by atoms with E-state index >= 15 is 0 Å². The molecular weight excluding hydrogens is 378 g/mol. The second-order valence-corrected chi connectivity index (χ2v) is 9.23. The van der Waals surface area contributed by atoms with Crippen LogP contribution in [0, 0.1) is 0 Å². The lowest BCUT2D eigenvalue weighted by molar-refractivity contribution is 0.0551. The van der Waals surface area contributed by atoms with E-state index in [1.807, 2.05) is 23.1 Å². The number of nitrogens with zero attached hydrogens (tertiary/aromatic N) is 3. The Morgan fingerprint density at radius 3 is 2.43 bits per heavy atom. The molecule has 0 radical (unpaired) electrons. The number of hydrogen-bond donors (Lipinski definition) is 0. The summed E-state index contributed by atoms with van der Waals surface area (Å²) in [4.78, 5) is 20.3. The van der Waals surface area contributed by atoms with Crippen LogP contribution in [0.4, 0.5) is 0 Å². The molecule has 30 heavy (non-hydrogen) atoms. The number of hydrogen-bond acceptors (Lipinski definition) is 5. The van der Waals surface area contributed by atoms with Crippen molar-refractivity contribution in [2.45, 2.75) is 63.6 Å². The first-order valence-electron chi connectivity index (χ1n) is 11.6. The van der Waals surface area contributed by atoms with Crippen LogP contribution in [-0.2, 0) is 0 Å². The molecular formula is C24H37N3O3. The molecule has 1 atom stereocenters. The molecule has 2 heterocycles. The van der Waals surface area contributed by atoms with Gasteiger partial charge in [-0.3, -0.25) is 4.79 Å². The van der Waals surface area contributed by atoms with Gasteiger partial charge in [-0.1, -0.05) is 12.8 Å². The fourth-order valence-corrected chi connectivity index (χ4v) is 5.12. The van der Waals surface area contributed by atoms with Crippen LogP contribution in [0.1, 0.15) is 55.8 Å². The Hall–Kier alpha value is -1.79. The summed E-state index contributed by atoms with van der Waals surface area (Å²) in [5, 5.41) is 0. The van der Waals surface area contributed by atoms with Crippen LogP contribution in [0.3, 0.4) is 0 Å². The zero-order valence-electron chi connectivity index (χ0n) is 18.8. The standard InChI is InChI=1S/C24H37N3O3/c1-18-17-27(15-14-25(18)2)24(28)22-16-21(29-3)8-9-23(22)30-20-10-12-26(13-11-20)19-6-4-5-7-19/h8-9,16,18-20H,4-7,10-15,17H2,1-3H3/t18-/m0/s1. The third-order valence-electron chi connectivity index (χ3n) is 7.28. The van der Waals surface area contributed by atoms with Gasteiger partial charge in [-0.15, -0.1) is 0 Å². The number of rotatable bonds is 5. The number of amides is 1. The maximum absolute atomic E-state index is 13.4. The molecule has 1 aromatic rings. The van der Waals surface area contributed by atoms with Gasteiger partial charge >= 0.3 is 0 Å². The zero-order chi connectivity index (χ0) is 21.1. The third kappa shape index (κ3) is 4.75. The molecule has 166 valence electrons. The molecule has 0 bridgehead atoms. The summed E-state index contributed by atoms with van der Waals surface area (Å²) in [6.45, 7) is 6.75. The van der Waals surface area contributed by atoms with E-state index in [9.17, 15) is 4.79 Å². The van der Waals surface area contributed by atoms with Crippen molar-refractivity contribution in [1.82, 2.24) is 14.7 Å². The summed E-state index contributed by atoms with van der Waals surface area (Å²) in [7, 11) is 3.76. The lowest BCUT2D eigenvalue weighted by Gasteiger charge is -2.38. The van der Waals surface area contributed by atoms with Gasteiger partial charge in [0.05, 0.1) is 12.7 Å². The molecule has 3 aliphatic rings. The topological polar surface area (TPSA) is 45.3 Å². The van der Waals surface area contributed by atoms with E-state index in [0.717, 1.165) is 51.6 Å². The Morgan fingerprint density at radius 2 is 1.77 bits per heavy atom. The minimum Gasteiger partial charge on any atom is -0.497 e. The maximum atomic E-state index is 13.4. The normalized spacial score (nSPS) is 24.9. The van der Waals surface area contributed by atoms with Crippen LogP contribution in [-0.4, -0.2) is 85.7 Å². The molecule has 6 heteroatoms. The van der Waals surface area contributed by atoms with Gasteiger partial charge < -0.3 is 24.2 Å². The molecule has 0 spiro atoms. The van der Waals surface area contributed by atoms with Crippen molar-refractivity contribution in [2.24, 2.45) is 0 Å². The van der Waals surface area contributed by atoms with Crippen molar-refractivity contribution in [2.75, 3.05) is 46.9 Å². The predicted molar refractivity (Wildman–Crippen MR) is 118 cm³/mol. The second kappa shape index (κ2) is 9.56. The SMILES string of the molecule is COc1ccc(OC2CCN(C3CCCC3)CC2)c(C(=O)N2CCN(C)[C@@H](C)C2)c1. The highest BCUT2D eigenvalue weighted by molar-refractivity contribution is 5.97. The summed E-state index contributed by atoms with van der Waals surface area (Å²) in [6.07, 6.45) is 7.70. The number of ether oxygens (including phenoxy) is 2. The first-order valence-corrected chi connectivity index (χ1v) is 11.6. The number of piperazine rings is 1. The molecule has 2 saturated heterocycles. The van der Waals surface area contributed by atoms with Gasteiger partial charge in [0.15, 0.2) is 0 Å². The van der Waals surface area contributed by atoms with Crippen LogP contribution in [0.15, 0.2) is 18.2 Å². The molecule has 1 aromatic carbocycles. The van der Waals surface area contributed by atoms with E-state index in [4.69, 9.17) is 9.47 Å². The third-order valence-corrected chi connectivity index (χ3v) is 7.28. The lowest BCUT2D eigenvalue weighted by atomic mass is 10.0. The Balaban J connectivity index is 1.43. The highest BCUT2D eigenvalue weighted by Gasteiger charge is 2.30. The highest BCUT2D eigenvalue weighted by Crippen LogP contribution is 2.31. The molecule has 3 fully saturated rings. The molecule has 0 unspecified atom stereocenters. The van der Waals surface area contributed by atoms with E-state index in [2.05, 4.69) is 23.8 Å². The van der Waals surface area contributed by atoms with Crippen LogP contribution >= 0.6 is 0 Å². The number of benzene rings is 1. The van der Waals surface area contributed by atoms with Gasteiger partial charge in [0.25, 0.3) is 5.91 Å². The van der Waals surface area contributed by atoms with Crippen molar-refractivity contribution in [3.63, 3.8) is 0 Å². The van der Waals surface area contributed by atoms with Gasteiger partial charge in [0.2, 0.25) is 0 Å². The van der Waals surface area contributed by atoms with Crippen molar-refractivity contribution >= 4 is 5.91 Å². The Kier molecular flexibility index (Phi) is 6.84. The lowest BCUT2D eigenvalue weighted by Crippen LogP contribution is -2.52. The van der Waals surface area contributed by atoms with E-state index < -0.39 is 0 Å². The number of likely N-dealkylation sites (N-methyl/N-ethyl adjacent to an activating group) is 1. The van der Waals surface area contributed by atoms with E-state index in [-0.39, 0.29) is 12.0 Å². The van der Waals surface area contributed by atoms with Gasteiger partial charge in [0, 0.05) is 44.8 Å². The van der Waals surface area contributed by atoms with E-state index in [0.29, 0.717) is 23.1 Å². The number of likely N-dealkylation sites (tertiary alicyclic amines) is 1. The van der Waals surface area contributed by atoms with Gasteiger partial charge in [0.1, 0.15) is 17.6 Å². The van der Waals surface area contributed by atoms with Crippen LogP contribution < -0.4 is 9.47 Å². The average molecular weight is 416 g/mol. The Bertz CT molecular complexity index is 726. The zero-order valence-corrected chi connectivity index (χ0v) is 18.8. The summed E-state index contributed by atoms with van der Waals surface area (Å²) in [6, 6.07) is 6.79. The summed E-state index contributed by atoms with van der Waals surface area (Å²) < 4.78 is 11.8. The molecule has 0 N–H and O–H groups in total. The summed E-state index contributed by atoms with van der Waals surface area (Å²) in [5.41, 5.74) is 0.629. The smallest absolute Gasteiger partial charge is 0.257 e. The molecule has 1 amide bonds. The second-order valence-electron chi connectivity index (χ2n) is 9.23. The van der Waals surface area contributed by atoms with Gasteiger partial charge in [-0.2, -0.15) is 0 Å². The highest BCUT2D eigenvalue weighted by atomic mass is 16.5. The Morgan fingerprint density at radius 1 is 1.03 bits per heavy atom. The van der Waals surface area contributed by atoms with Gasteiger partial charge in [-0.25, -0.2) is 0 Å². The molecule has 2 aliphatic heterocycles. The predicted octanol–water partition coefficient (Wildman–Crippen LogP) is 3.26. The molecule has 6 nitrogen and oxygen atoms in total. The summed E-state index contributed by atoms with van der Waals surface area (Å²) in [5.74, 6) is 1.45. The first-order chi connectivity index (χ1) is 14.5. The minimum absolute atomic E-state index is 0.0484. The molecule has 0 aromatic heterocycles. The number of piperidine rings is 1. The first kappa shape index (κ1) is 21.4. The van der Waals surface area contributed by atoms with Crippen molar-refractivity contribution < 1.29 is 14.3 Å². The molecule has 1 aliphatic carbocycles. The van der Waals surface area contributed by atoms with E-state index in [1.54, 1.807) is 7.11 Å². The minimum atomic E-state index is 0.0484. The quantitative estimate of drug-likeness (QED) is 0.739. The maximum Gasteiger partial charge on any atom is 0.257 e. The fraction of sp³-hybridized carbons (Fsp3) is 0.708. The van der Waals surface area contributed by atoms with E-state index in [1.165, 1.54) is 25.7 Å². The average Bonchev–Trinajstić information content (AvgIpc) is 3.31. The molecule has 4 rings (SSSR count). The van der Waals surface area contributed by atoms with Crippen molar-refractivity contribution in [3.05, 3.63) is 23.8 Å². The van der Waals surface area contributed by atoms with Crippen LogP contribution in [0.25, 0.3) is 0 Å². The number of methoxy groups -OCH3 is 1. The molecule has 1 saturated carbocycles. The van der Waals surface area contributed by atoms with Gasteiger partial charge in [-0.05, 0) is 57.9 Å². The van der Waals surface area contributed by atoms with Crippen LogP contribution in [0.5, 0.6) is 11.5 Å². The fourth-order valence-electron chi connectivity index (χ4n) is 5.12. The van der Waals surface area contributed by atoms with Crippen molar-refractivity contribution in [3.8, 4) is 11.5 Å². The van der Waals surface area contributed by atoms with Crippen LogP contribution in [0.2, 0.25) is 0 Å². The van der Waals surface area contributed by atoms with Crippen molar-refractivity contribution in [1.29, 1.82) is 0 Å². The Labute approximate surface area is 181 Å². The summed E-state index contributed by atoms with van der Waals surface area (Å²) >= 11 is 0. The number of carbonyl (C=O) groups is 1. The largest absolute Gasteiger partial charge is 0.497 e. The monoisotopic (exact) mass is 415 g/mol. The number of carbonyl (C=O) groups excluding carboxylic acids is 1.